The number of nitrogens with one attached hydrogen (secondary N) is 3. The molecular formula is C18H36IN5O2. The van der Waals surface area contributed by atoms with E-state index >= 15 is 0 Å². The second-order valence-electron chi connectivity index (χ2n) is 6.86. The molecule has 1 aliphatic heterocycles. The van der Waals surface area contributed by atoms with Crippen molar-refractivity contribution < 1.29 is 9.53 Å². The first-order valence-electron chi connectivity index (χ1n) is 9.90. The van der Waals surface area contributed by atoms with Crippen LogP contribution in [-0.2, 0) is 4.74 Å². The molecule has 2 fully saturated rings. The summed E-state index contributed by atoms with van der Waals surface area (Å²) in [5.41, 5.74) is 0. The van der Waals surface area contributed by atoms with E-state index in [-0.39, 0.29) is 36.1 Å². The number of aliphatic imine (C=N–C) groups is 1. The molecule has 152 valence electrons. The van der Waals surface area contributed by atoms with Crippen molar-refractivity contribution in [2.75, 3.05) is 45.9 Å². The van der Waals surface area contributed by atoms with Crippen LogP contribution in [0.4, 0.5) is 4.79 Å². The van der Waals surface area contributed by atoms with Gasteiger partial charge in [0.2, 0.25) is 0 Å². The van der Waals surface area contributed by atoms with E-state index in [1.807, 2.05) is 6.92 Å². The molecule has 0 radical (unpaired) electrons. The molecule has 26 heavy (non-hydrogen) atoms. The lowest BCUT2D eigenvalue weighted by molar-refractivity contribution is 0.147. The predicted octanol–water partition coefficient (Wildman–Crippen LogP) is 2.17. The second kappa shape index (κ2) is 13.4. The highest BCUT2D eigenvalue weighted by Crippen LogP contribution is 2.32. The minimum Gasteiger partial charge on any atom is -0.450 e. The summed E-state index contributed by atoms with van der Waals surface area (Å²) in [6.45, 7) is 10.1. The van der Waals surface area contributed by atoms with Crippen molar-refractivity contribution in [3.63, 3.8) is 0 Å². The fourth-order valence-electron chi connectivity index (χ4n) is 3.18. The minimum atomic E-state index is -0.336. The summed E-state index contributed by atoms with van der Waals surface area (Å²) in [5.74, 6) is 1.36. The van der Waals surface area contributed by atoms with Crippen LogP contribution in [0.25, 0.3) is 0 Å². The van der Waals surface area contributed by atoms with Crippen LogP contribution >= 0.6 is 24.0 Å². The average Bonchev–Trinajstić information content (AvgIpc) is 3.44. The van der Waals surface area contributed by atoms with Gasteiger partial charge in [0.15, 0.2) is 5.96 Å². The monoisotopic (exact) mass is 481 g/mol. The number of carbonyl (C=O) groups excluding carboxylic acids is 1. The van der Waals surface area contributed by atoms with Crippen molar-refractivity contribution in [3.8, 4) is 0 Å². The van der Waals surface area contributed by atoms with E-state index in [0.29, 0.717) is 19.1 Å². The van der Waals surface area contributed by atoms with Crippen LogP contribution in [0.3, 0.4) is 0 Å². The van der Waals surface area contributed by atoms with Crippen molar-refractivity contribution in [1.29, 1.82) is 0 Å². The van der Waals surface area contributed by atoms with E-state index < -0.39 is 0 Å². The van der Waals surface area contributed by atoms with Gasteiger partial charge in [0.25, 0.3) is 0 Å². The molecule has 1 atom stereocenters. The summed E-state index contributed by atoms with van der Waals surface area (Å²) < 4.78 is 5.00. The number of hydrogen-bond donors (Lipinski definition) is 3. The van der Waals surface area contributed by atoms with E-state index in [0.717, 1.165) is 38.4 Å². The Bertz CT molecular complexity index is 426. The van der Waals surface area contributed by atoms with Gasteiger partial charge in [-0.1, -0.05) is 6.42 Å². The standard InChI is InChI=1S/C18H35N5O2.HI/c1-3-19-17(20-10-13-23-11-6-5-7-12-23)21-14-16(15-8-9-15)22-18(24)25-4-2;/h15-16H,3-14H2,1-2H3,(H,22,24)(H2,19,20,21);1H. The van der Waals surface area contributed by atoms with Crippen LogP contribution in [0.2, 0.25) is 0 Å². The zero-order valence-corrected chi connectivity index (χ0v) is 18.6. The number of hydrogen-bond acceptors (Lipinski definition) is 4. The third kappa shape index (κ3) is 9.25. The van der Waals surface area contributed by atoms with E-state index in [2.05, 4.69) is 32.8 Å². The quantitative estimate of drug-likeness (QED) is 0.267. The SMILES string of the molecule is CCNC(=NCC(NC(=O)OCC)C1CC1)NCCN1CCCCC1.I. The average molecular weight is 481 g/mol. The van der Waals surface area contributed by atoms with Crippen LogP contribution < -0.4 is 16.0 Å². The molecule has 0 spiro atoms. The highest BCUT2D eigenvalue weighted by atomic mass is 127. The number of carbonyl (C=O) groups is 1. The van der Waals surface area contributed by atoms with Crippen LogP contribution in [0.15, 0.2) is 4.99 Å². The van der Waals surface area contributed by atoms with Crippen molar-refractivity contribution in [2.24, 2.45) is 10.9 Å². The van der Waals surface area contributed by atoms with E-state index in [1.165, 1.54) is 32.4 Å². The molecule has 3 N–H and O–H groups in total. The van der Waals surface area contributed by atoms with Gasteiger partial charge < -0.3 is 25.6 Å². The molecule has 1 saturated carbocycles. The normalized spacial score (nSPS) is 19.2. The van der Waals surface area contributed by atoms with Gasteiger partial charge in [-0.05, 0) is 58.5 Å². The summed E-state index contributed by atoms with van der Waals surface area (Å²) in [4.78, 5) is 18.9. The van der Waals surface area contributed by atoms with Crippen LogP contribution in [0.1, 0.15) is 46.0 Å². The van der Waals surface area contributed by atoms with Crippen LogP contribution in [0, 0.1) is 5.92 Å². The largest absolute Gasteiger partial charge is 0.450 e. The molecule has 1 aliphatic carbocycles. The Balaban J connectivity index is 0.00000338. The van der Waals surface area contributed by atoms with Crippen LogP contribution in [0.5, 0.6) is 0 Å². The molecule has 2 aliphatic rings. The highest BCUT2D eigenvalue weighted by molar-refractivity contribution is 14.0. The number of amides is 1. The lowest BCUT2D eigenvalue weighted by Gasteiger charge is -2.26. The molecule has 0 aromatic heterocycles. The topological polar surface area (TPSA) is 78.0 Å². The fraction of sp³-hybridized carbons (Fsp3) is 0.889. The molecular weight excluding hydrogens is 445 g/mol. The zero-order valence-electron chi connectivity index (χ0n) is 16.3. The first kappa shape index (κ1) is 23.3. The molecule has 0 aromatic carbocycles. The van der Waals surface area contributed by atoms with Gasteiger partial charge >= 0.3 is 6.09 Å². The second-order valence-corrected chi connectivity index (χ2v) is 6.86. The minimum absolute atomic E-state index is 0. The molecule has 1 heterocycles. The molecule has 1 saturated heterocycles. The first-order valence-corrected chi connectivity index (χ1v) is 9.90. The number of piperidine rings is 1. The Hall–Kier alpha value is -0.770. The summed E-state index contributed by atoms with van der Waals surface area (Å²) in [5, 5.41) is 9.66. The van der Waals surface area contributed by atoms with Gasteiger partial charge in [-0.2, -0.15) is 0 Å². The maximum absolute atomic E-state index is 11.7. The molecule has 8 heteroatoms. The van der Waals surface area contributed by atoms with E-state index in [9.17, 15) is 4.79 Å². The number of guanidine groups is 1. The number of likely N-dealkylation sites (tertiary alicyclic amines) is 1. The summed E-state index contributed by atoms with van der Waals surface area (Å²) in [7, 11) is 0. The van der Waals surface area contributed by atoms with Gasteiger partial charge in [-0.3, -0.25) is 4.99 Å². The summed E-state index contributed by atoms with van der Waals surface area (Å²) in [6.07, 6.45) is 5.98. The van der Waals surface area contributed by atoms with Gasteiger partial charge in [0.1, 0.15) is 0 Å². The zero-order chi connectivity index (χ0) is 17.9. The Morgan fingerprint density at radius 2 is 1.92 bits per heavy atom. The smallest absolute Gasteiger partial charge is 0.407 e. The number of alkyl carbamates (subject to hydrolysis) is 1. The molecule has 2 rings (SSSR count). The highest BCUT2D eigenvalue weighted by Gasteiger charge is 2.32. The third-order valence-corrected chi connectivity index (χ3v) is 4.73. The lowest BCUT2D eigenvalue weighted by Crippen LogP contribution is -2.44. The molecule has 7 nitrogen and oxygen atoms in total. The summed E-state index contributed by atoms with van der Waals surface area (Å²) in [6, 6.07) is 0.0663. The fourth-order valence-corrected chi connectivity index (χ4v) is 3.18. The van der Waals surface area contributed by atoms with Crippen molar-refractivity contribution in [1.82, 2.24) is 20.9 Å². The number of halogens is 1. The van der Waals surface area contributed by atoms with Crippen molar-refractivity contribution >= 4 is 36.0 Å². The van der Waals surface area contributed by atoms with Crippen molar-refractivity contribution in [3.05, 3.63) is 0 Å². The Morgan fingerprint density at radius 3 is 2.54 bits per heavy atom. The first-order chi connectivity index (χ1) is 12.2. The maximum atomic E-state index is 11.7. The molecule has 0 aromatic rings. The molecule has 1 unspecified atom stereocenters. The van der Waals surface area contributed by atoms with Crippen LogP contribution in [-0.4, -0.2) is 68.9 Å². The summed E-state index contributed by atoms with van der Waals surface area (Å²) >= 11 is 0. The maximum Gasteiger partial charge on any atom is 0.407 e. The van der Waals surface area contributed by atoms with Gasteiger partial charge in [0.05, 0.1) is 19.2 Å². The Kier molecular flexibility index (Phi) is 12.0. The third-order valence-electron chi connectivity index (χ3n) is 4.73. The van der Waals surface area contributed by atoms with Gasteiger partial charge in [-0.15, -0.1) is 24.0 Å². The van der Waals surface area contributed by atoms with Crippen molar-refractivity contribution in [2.45, 2.75) is 52.0 Å². The van der Waals surface area contributed by atoms with Gasteiger partial charge in [0, 0.05) is 19.6 Å². The predicted molar refractivity (Wildman–Crippen MR) is 116 cm³/mol. The number of nitrogens with zero attached hydrogens (tertiary/aromatic N) is 2. The Labute approximate surface area is 175 Å². The molecule has 0 bridgehead atoms. The molecule has 1 amide bonds. The number of rotatable bonds is 9. The van der Waals surface area contributed by atoms with E-state index in [4.69, 9.17) is 4.74 Å². The lowest BCUT2D eigenvalue weighted by atomic mass is 10.1. The van der Waals surface area contributed by atoms with E-state index in [1.54, 1.807) is 0 Å². The Morgan fingerprint density at radius 1 is 1.19 bits per heavy atom. The number of ether oxygens (including phenoxy) is 1. The van der Waals surface area contributed by atoms with Gasteiger partial charge in [-0.25, -0.2) is 4.79 Å².